The second-order valence-corrected chi connectivity index (χ2v) is 16.6. The van der Waals surface area contributed by atoms with Gasteiger partial charge in [0.2, 0.25) is 23.6 Å². The van der Waals surface area contributed by atoms with Crippen molar-refractivity contribution in [3.63, 3.8) is 0 Å². The Labute approximate surface area is 377 Å². The van der Waals surface area contributed by atoms with Crippen LogP contribution in [0.2, 0.25) is 0 Å². The molecule has 0 aromatic carbocycles. The molecule has 0 spiro atoms. The second kappa shape index (κ2) is 32.3. The highest BCUT2D eigenvalue weighted by Gasteiger charge is 2.32. The van der Waals surface area contributed by atoms with Crippen molar-refractivity contribution in [1.82, 2.24) is 26.6 Å². The molecule has 4 amide bonds. The number of unbranched alkanes of at least 4 members (excludes halogenated alkanes) is 2. The highest BCUT2D eigenvalue weighted by molar-refractivity contribution is 5.93. The van der Waals surface area contributed by atoms with Gasteiger partial charge >= 0.3 is 29.8 Å². The highest BCUT2D eigenvalue weighted by atomic mass is 16.6. The van der Waals surface area contributed by atoms with Crippen LogP contribution < -0.4 is 26.6 Å². The molecule has 64 heavy (non-hydrogen) atoms. The number of esters is 5. The van der Waals surface area contributed by atoms with Crippen LogP contribution in [0, 0.1) is 23.7 Å². The van der Waals surface area contributed by atoms with Crippen LogP contribution in [0.1, 0.15) is 114 Å². The summed E-state index contributed by atoms with van der Waals surface area (Å²) in [6, 6.07) is -5.01. The number of nitrogens with one attached hydrogen (secondary N) is 5. The van der Waals surface area contributed by atoms with Crippen molar-refractivity contribution >= 4 is 59.3 Å². The van der Waals surface area contributed by atoms with Crippen molar-refractivity contribution in [2.45, 2.75) is 144 Å². The zero-order valence-electron chi connectivity index (χ0n) is 39.3. The van der Waals surface area contributed by atoms with E-state index in [4.69, 9.17) is 23.7 Å². The Balaban J connectivity index is 5.12. The smallest absolute Gasteiger partial charge is 0.330 e. The Morgan fingerprint density at radius 2 is 0.797 bits per heavy atom. The molecule has 0 aliphatic heterocycles. The zero-order chi connectivity index (χ0) is 48.9. The number of ether oxygens (including phenoxy) is 5. The van der Waals surface area contributed by atoms with Gasteiger partial charge in [-0.15, -0.1) is 0 Å². The van der Waals surface area contributed by atoms with Gasteiger partial charge in [-0.3, -0.25) is 24.0 Å². The lowest BCUT2D eigenvalue weighted by atomic mass is 10.0. The van der Waals surface area contributed by atoms with Gasteiger partial charge in [0, 0.05) is 31.8 Å². The number of Topliss-reactive ketones (excluding diaryl/α,β-unsaturated/α-hetero) is 1. The summed E-state index contributed by atoms with van der Waals surface area (Å²) in [5, 5.41) is 13.0. The average molecular weight is 912 g/mol. The number of hydrogen-bond donors (Lipinski definition) is 5. The largest absolute Gasteiger partial charge is 0.465 e. The lowest BCUT2D eigenvalue weighted by Gasteiger charge is -2.24. The molecular weight excluding hydrogens is 839 g/mol. The molecule has 364 valence electrons. The SMILES string of the molecule is C=CC(=O)OCC(NC(=O)CCC(=O)NC(C(=O)OCCCCOC(=O)C(NC(=O)CCC(C)=O)C(C)C)C(C)C)C(=O)NC(C(=O)OCCCCOC(=O)C(NC)C(C)C)C(C)C. The van der Waals surface area contributed by atoms with E-state index in [1.807, 2.05) is 13.8 Å². The lowest BCUT2D eigenvalue weighted by molar-refractivity contribution is -0.151. The third-order valence-corrected chi connectivity index (χ3v) is 9.47. The number of hydrogen-bond acceptors (Lipinski definition) is 16. The first kappa shape index (κ1) is 58.6. The maximum atomic E-state index is 13.4. The van der Waals surface area contributed by atoms with Gasteiger partial charge in [-0.05, 0) is 63.3 Å². The molecule has 5 unspecified atom stereocenters. The van der Waals surface area contributed by atoms with E-state index in [-0.39, 0.29) is 62.9 Å². The van der Waals surface area contributed by atoms with Gasteiger partial charge < -0.3 is 55.1 Å². The number of amides is 4. The summed E-state index contributed by atoms with van der Waals surface area (Å²) >= 11 is 0. The third-order valence-electron chi connectivity index (χ3n) is 9.47. The Morgan fingerprint density at radius 3 is 1.12 bits per heavy atom. The van der Waals surface area contributed by atoms with Gasteiger partial charge in [-0.2, -0.15) is 0 Å². The molecule has 0 saturated heterocycles. The van der Waals surface area contributed by atoms with E-state index in [9.17, 15) is 47.9 Å². The van der Waals surface area contributed by atoms with E-state index in [0.29, 0.717) is 25.7 Å². The van der Waals surface area contributed by atoms with E-state index < -0.39 is 109 Å². The quantitative estimate of drug-likeness (QED) is 0.0272. The van der Waals surface area contributed by atoms with Crippen LogP contribution >= 0.6 is 0 Å². The maximum Gasteiger partial charge on any atom is 0.330 e. The average Bonchev–Trinajstić information content (AvgIpc) is 3.22. The fraction of sp³-hybridized carbons (Fsp3) is 0.727. The third kappa shape index (κ3) is 25.0. The first-order valence-corrected chi connectivity index (χ1v) is 21.9. The summed E-state index contributed by atoms with van der Waals surface area (Å²) in [6.07, 6.45) is 1.53. The molecule has 5 N–H and O–H groups in total. The second-order valence-electron chi connectivity index (χ2n) is 16.6. The van der Waals surface area contributed by atoms with Crippen molar-refractivity contribution in [2.24, 2.45) is 23.7 Å². The van der Waals surface area contributed by atoms with Crippen LogP contribution in [0.15, 0.2) is 12.7 Å². The van der Waals surface area contributed by atoms with Crippen molar-refractivity contribution in [3.8, 4) is 0 Å². The fourth-order valence-corrected chi connectivity index (χ4v) is 5.61. The number of likely N-dealkylation sites (N-methyl/N-ethyl adjacent to an activating group) is 1. The van der Waals surface area contributed by atoms with Crippen LogP contribution in [-0.2, 0) is 71.6 Å². The van der Waals surface area contributed by atoms with E-state index in [0.717, 1.165) is 6.08 Å². The van der Waals surface area contributed by atoms with Gasteiger partial charge in [-0.1, -0.05) is 62.0 Å². The van der Waals surface area contributed by atoms with Crippen molar-refractivity contribution in [2.75, 3.05) is 40.1 Å². The Bertz CT molecular complexity index is 1560. The van der Waals surface area contributed by atoms with Gasteiger partial charge in [-0.25, -0.2) is 19.2 Å². The standard InChI is InChI=1S/C44H73N5O15/c1-12-35(54)64-25-31(40(55)49-39(29(8)9)44(59)63-24-14-13-21-60-41(56)36(45-11)26(2)3)46-32(51)19-20-34(53)48-38(28(6)7)43(58)62-23-16-15-22-61-42(57)37(27(4)5)47-33(52)18-17-30(10)50/h12,26-29,31,36-39,45H,1,13-25H2,2-11H3,(H,46,51)(H,47,52)(H,48,53)(H,49,55). The molecule has 0 heterocycles. The van der Waals surface area contributed by atoms with E-state index in [1.54, 1.807) is 48.6 Å². The minimum absolute atomic E-state index is 0.00141. The fourth-order valence-electron chi connectivity index (χ4n) is 5.61. The molecular formula is C44H73N5O15. The van der Waals surface area contributed by atoms with E-state index in [1.165, 1.54) is 6.92 Å². The predicted octanol–water partition coefficient (Wildman–Crippen LogP) is 1.75. The first-order chi connectivity index (χ1) is 30.0. The van der Waals surface area contributed by atoms with Crippen LogP contribution in [0.4, 0.5) is 0 Å². The molecule has 20 heteroatoms. The molecule has 20 nitrogen and oxygen atoms in total. The number of carbonyl (C=O) groups is 10. The van der Waals surface area contributed by atoms with Crippen LogP contribution in [-0.4, -0.2) is 130 Å². The van der Waals surface area contributed by atoms with Gasteiger partial charge in [0.25, 0.3) is 0 Å². The summed E-state index contributed by atoms with van der Waals surface area (Å²) in [6.45, 7) is 18.1. The van der Waals surface area contributed by atoms with Crippen molar-refractivity contribution in [1.29, 1.82) is 0 Å². The van der Waals surface area contributed by atoms with E-state index in [2.05, 4.69) is 33.2 Å². The summed E-state index contributed by atoms with van der Waals surface area (Å²) in [5.41, 5.74) is 0. The summed E-state index contributed by atoms with van der Waals surface area (Å²) < 4.78 is 26.3. The van der Waals surface area contributed by atoms with Gasteiger partial charge in [0.1, 0.15) is 42.6 Å². The molecule has 0 radical (unpaired) electrons. The molecule has 0 fully saturated rings. The summed E-state index contributed by atoms with van der Waals surface area (Å²) in [5.74, 6) is -7.31. The first-order valence-electron chi connectivity index (χ1n) is 21.9. The van der Waals surface area contributed by atoms with E-state index >= 15 is 0 Å². The van der Waals surface area contributed by atoms with Crippen LogP contribution in [0.25, 0.3) is 0 Å². The van der Waals surface area contributed by atoms with Crippen molar-refractivity contribution < 1.29 is 71.6 Å². The Hall–Kier alpha value is -5.40. The molecule has 0 aliphatic rings. The number of rotatable bonds is 33. The zero-order valence-corrected chi connectivity index (χ0v) is 39.3. The normalized spacial score (nSPS) is 13.4. The van der Waals surface area contributed by atoms with Gasteiger partial charge in [0.15, 0.2) is 0 Å². The summed E-state index contributed by atoms with van der Waals surface area (Å²) in [4.78, 5) is 125. The Morgan fingerprint density at radius 1 is 0.469 bits per heavy atom. The maximum absolute atomic E-state index is 13.4. The Kier molecular flexibility index (Phi) is 29.6. The molecule has 5 atom stereocenters. The molecule has 0 aromatic heterocycles. The monoisotopic (exact) mass is 912 g/mol. The minimum atomic E-state index is -1.47. The molecule has 0 saturated carbocycles. The van der Waals surface area contributed by atoms with Crippen molar-refractivity contribution in [3.05, 3.63) is 12.7 Å². The number of carbonyl (C=O) groups excluding carboxylic acids is 10. The van der Waals surface area contributed by atoms with Crippen LogP contribution in [0.3, 0.4) is 0 Å². The molecule has 0 bridgehead atoms. The van der Waals surface area contributed by atoms with Gasteiger partial charge in [0.05, 0.1) is 26.4 Å². The lowest BCUT2D eigenvalue weighted by Crippen LogP contribution is -2.55. The molecule has 0 aromatic rings. The highest BCUT2D eigenvalue weighted by Crippen LogP contribution is 2.10. The number of ketones is 1. The predicted molar refractivity (Wildman–Crippen MR) is 233 cm³/mol. The topological polar surface area (TPSA) is 277 Å². The van der Waals surface area contributed by atoms with Crippen LogP contribution in [0.5, 0.6) is 0 Å². The minimum Gasteiger partial charge on any atom is -0.465 e. The molecule has 0 aliphatic carbocycles. The summed E-state index contributed by atoms with van der Waals surface area (Å²) in [7, 11) is 1.67. The molecule has 0 rings (SSSR count).